The summed E-state index contributed by atoms with van der Waals surface area (Å²) in [7, 11) is 0. The third-order valence-electron chi connectivity index (χ3n) is 5.35. The monoisotopic (exact) mass is 357 g/mol. The van der Waals surface area contributed by atoms with Gasteiger partial charge in [-0.3, -0.25) is 0 Å². The van der Waals surface area contributed by atoms with Crippen molar-refractivity contribution >= 4 is 0 Å². The van der Waals surface area contributed by atoms with Crippen LogP contribution in [0.2, 0.25) is 0 Å². The fraction of sp³-hybridized carbons (Fsp3) is 0.280. The SMILES string of the molecule is CC(C)c1ccc(C2NCCc3cc(OCc4ccccc4)ccc32)cc1. The second kappa shape index (κ2) is 7.98. The molecule has 2 nitrogen and oxygen atoms in total. The van der Waals surface area contributed by atoms with Crippen LogP contribution >= 0.6 is 0 Å². The molecule has 1 N–H and O–H groups in total. The fourth-order valence-corrected chi connectivity index (χ4v) is 3.74. The first kappa shape index (κ1) is 17.8. The molecule has 3 aromatic rings. The van der Waals surface area contributed by atoms with Crippen LogP contribution in [0.5, 0.6) is 5.75 Å². The average Bonchev–Trinajstić information content (AvgIpc) is 2.72. The van der Waals surface area contributed by atoms with Crippen LogP contribution in [0.25, 0.3) is 0 Å². The Hall–Kier alpha value is -2.58. The van der Waals surface area contributed by atoms with E-state index in [9.17, 15) is 0 Å². The van der Waals surface area contributed by atoms with Gasteiger partial charge in [0.1, 0.15) is 12.4 Å². The van der Waals surface area contributed by atoms with Gasteiger partial charge < -0.3 is 10.1 Å². The summed E-state index contributed by atoms with van der Waals surface area (Å²) in [5.74, 6) is 1.52. The molecule has 1 aliphatic heterocycles. The van der Waals surface area contributed by atoms with Crippen LogP contribution in [0.1, 0.15) is 53.6 Å². The van der Waals surface area contributed by atoms with Crippen LogP contribution in [0, 0.1) is 0 Å². The molecule has 0 aliphatic carbocycles. The van der Waals surface area contributed by atoms with Crippen molar-refractivity contribution in [1.29, 1.82) is 0 Å². The Morgan fingerprint density at radius 2 is 1.74 bits per heavy atom. The molecule has 138 valence electrons. The van der Waals surface area contributed by atoms with Crippen LogP contribution in [0.3, 0.4) is 0 Å². The van der Waals surface area contributed by atoms with E-state index >= 15 is 0 Å². The third kappa shape index (κ3) is 4.06. The number of hydrogen-bond acceptors (Lipinski definition) is 2. The molecule has 0 aromatic heterocycles. The summed E-state index contributed by atoms with van der Waals surface area (Å²) < 4.78 is 6.02. The minimum Gasteiger partial charge on any atom is -0.489 e. The summed E-state index contributed by atoms with van der Waals surface area (Å²) in [6, 6.07) is 26.2. The van der Waals surface area contributed by atoms with Gasteiger partial charge in [0.05, 0.1) is 6.04 Å². The zero-order chi connectivity index (χ0) is 18.6. The van der Waals surface area contributed by atoms with E-state index in [-0.39, 0.29) is 6.04 Å². The summed E-state index contributed by atoms with van der Waals surface area (Å²) in [4.78, 5) is 0. The minimum absolute atomic E-state index is 0.262. The predicted molar refractivity (Wildman–Crippen MR) is 111 cm³/mol. The van der Waals surface area contributed by atoms with Gasteiger partial charge in [0.15, 0.2) is 0 Å². The predicted octanol–water partition coefficient (Wildman–Crippen LogP) is 5.62. The van der Waals surface area contributed by atoms with Gasteiger partial charge in [-0.2, -0.15) is 0 Å². The number of rotatable bonds is 5. The molecule has 4 rings (SSSR count). The Kier molecular flexibility index (Phi) is 5.26. The largest absolute Gasteiger partial charge is 0.489 e. The first-order valence-corrected chi connectivity index (χ1v) is 9.83. The fourth-order valence-electron chi connectivity index (χ4n) is 3.74. The maximum absolute atomic E-state index is 6.02. The number of ether oxygens (including phenoxy) is 1. The molecule has 0 saturated carbocycles. The molecule has 0 saturated heterocycles. The molecule has 0 fully saturated rings. The van der Waals surface area contributed by atoms with Gasteiger partial charge >= 0.3 is 0 Å². The molecule has 0 amide bonds. The zero-order valence-corrected chi connectivity index (χ0v) is 16.1. The quantitative estimate of drug-likeness (QED) is 0.639. The first-order chi connectivity index (χ1) is 13.2. The molecule has 1 unspecified atom stereocenters. The van der Waals surface area contributed by atoms with E-state index in [2.05, 4.69) is 73.8 Å². The van der Waals surface area contributed by atoms with Crippen LogP contribution < -0.4 is 10.1 Å². The molecule has 2 heteroatoms. The van der Waals surface area contributed by atoms with E-state index in [1.54, 1.807) is 0 Å². The Morgan fingerprint density at radius 3 is 2.48 bits per heavy atom. The van der Waals surface area contributed by atoms with Crippen LogP contribution in [-0.2, 0) is 13.0 Å². The van der Waals surface area contributed by atoms with Crippen molar-refractivity contribution < 1.29 is 4.74 Å². The minimum atomic E-state index is 0.262. The summed E-state index contributed by atoms with van der Waals surface area (Å²) in [6.45, 7) is 6.07. The highest BCUT2D eigenvalue weighted by atomic mass is 16.5. The van der Waals surface area contributed by atoms with Crippen LogP contribution in [0.4, 0.5) is 0 Å². The maximum atomic E-state index is 6.02. The van der Waals surface area contributed by atoms with E-state index in [0.29, 0.717) is 12.5 Å². The average molecular weight is 357 g/mol. The van der Waals surface area contributed by atoms with Gasteiger partial charge in [0.2, 0.25) is 0 Å². The summed E-state index contributed by atoms with van der Waals surface area (Å²) >= 11 is 0. The van der Waals surface area contributed by atoms with Crippen molar-refractivity contribution in [2.24, 2.45) is 0 Å². The highest BCUT2D eigenvalue weighted by Gasteiger charge is 2.21. The molecular formula is C25H27NO. The Balaban J connectivity index is 1.53. The van der Waals surface area contributed by atoms with Gasteiger partial charge in [-0.1, -0.05) is 74.5 Å². The maximum Gasteiger partial charge on any atom is 0.120 e. The van der Waals surface area contributed by atoms with Crippen molar-refractivity contribution in [3.8, 4) is 5.75 Å². The zero-order valence-electron chi connectivity index (χ0n) is 16.1. The number of fused-ring (bicyclic) bond motifs is 1. The van der Waals surface area contributed by atoms with Crippen molar-refractivity contribution in [3.05, 3.63) is 101 Å². The van der Waals surface area contributed by atoms with E-state index in [1.807, 2.05) is 18.2 Å². The normalized spacial score (nSPS) is 16.2. The second-order valence-corrected chi connectivity index (χ2v) is 7.59. The lowest BCUT2D eigenvalue weighted by atomic mass is 9.89. The van der Waals surface area contributed by atoms with Crippen molar-refractivity contribution in [3.63, 3.8) is 0 Å². The van der Waals surface area contributed by atoms with Crippen molar-refractivity contribution in [2.75, 3.05) is 6.54 Å². The molecule has 1 aliphatic rings. The highest BCUT2D eigenvalue weighted by Crippen LogP contribution is 2.32. The van der Waals surface area contributed by atoms with E-state index in [4.69, 9.17) is 4.74 Å². The molecule has 1 atom stereocenters. The number of nitrogens with one attached hydrogen (secondary N) is 1. The van der Waals surface area contributed by atoms with Gasteiger partial charge in [-0.25, -0.2) is 0 Å². The Labute approximate surface area is 162 Å². The van der Waals surface area contributed by atoms with Crippen LogP contribution in [0.15, 0.2) is 72.8 Å². The lowest BCUT2D eigenvalue weighted by Gasteiger charge is -2.28. The van der Waals surface area contributed by atoms with Gasteiger partial charge in [0.25, 0.3) is 0 Å². The Bertz CT molecular complexity index is 884. The molecular weight excluding hydrogens is 330 g/mol. The lowest BCUT2D eigenvalue weighted by molar-refractivity contribution is 0.305. The smallest absolute Gasteiger partial charge is 0.120 e. The topological polar surface area (TPSA) is 21.3 Å². The molecule has 0 bridgehead atoms. The second-order valence-electron chi connectivity index (χ2n) is 7.59. The van der Waals surface area contributed by atoms with Crippen LogP contribution in [-0.4, -0.2) is 6.54 Å². The molecule has 0 spiro atoms. The lowest BCUT2D eigenvalue weighted by Crippen LogP contribution is -2.30. The van der Waals surface area contributed by atoms with Gasteiger partial charge in [0, 0.05) is 6.54 Å². The first-order valence-electron chi connectivity index (χ1n) is 9.83. The summed E-state index contributed by atoms with van der Waals surface area (Å²) in [6.07, 6.45) is 1.04. The number of hydrogen-bond donors (Lipinski definition) is 1. The van der Waals surface area contributed by atoms with Crippen molar-refractivity contribution in [1.82, 2.24) is 5.32 Å². The van der Waals surface area contributed by atoms with E-state index in [0.717, 1.165) is 18.7 Å². The molecule has 1 heterocycles. The Morgan fingerprint density at radius 1 is 0.963 bits per heavy atom. The molecule has 27 heavy (non-hydrogen) atoms. The van der Waals surface area contributed by atoms with Gasteiger partial charge in [-0.15, -0.1) is 0 Å². The van der Waals surface area contributed by atoms with Crippen molar-refractivity contribution in [2.45, 2.75) is 38.8 Å². The van der Waals surface area contributed by atoms with E-state index in [1.165, 1.54) is 27.8 Å². The third-order valence-corrected chi connectivity index (χ3v) is 5.35. The molecule has 0 radical (unpaired) electrons. The summed E-state index contributed by atoms with van der Waals surface area (Å²) in [5, 5.41) is 3.68. The number of benzene rings is 3. The molecule has 3 aromatic carbocycles. The summed E-state index contributed by atoms with van der Waals surface area (Å²) in [5.41, 5.74) is 6.67. The van der Waals surface area contributed by atoms with E-state index < -0.39 is 0 Å². The van der Waals surface area contributed by atoms with Gasteiger partial charge in [-0.05, 0) is 52.3 Å². The standard InChI is InChI=1S/C25H27NO/c1-18(2)20-8-10-21(11-9-20)25-24-13-12-23(16-22(24)14-15-26-25)27-17-19-6-4-3-5-7-19/h3-13,16,18,25-26H,14-15,17H2,1-2H3. The highest BCUT2D eigenvalue weighted by molar-refractivity contribution is 5.44.